The van der Waals surface area contributed by atoms with Gasteiger partial charge in [0.25, 0.3) is 0 Å². The summed E-state index contributed by atoms with van der Waals surface area (Å²) in [7, 11) is -4.36. The molecule has 0 spiro atoms. The van der Waals surface area contributed by atoms with E-state index in [9.17, 15) is 14.8 Å². The number of benzene rings is 1. The predicted octanol–water partition coefficient (Wildman–Crippen LogP) is 1.47. The van der Waals surface area contributed by atoms with Crippen molar-refractivity contribution < 1.29 is 34.0 Å². The highest BCUT2D eigenvalue weighted by Gasteiger charge is 2.44. The fourth-order valence-corrected chi connectivity index (χ4v) is 4.02. The maximum absolute atomic E-state index is 10.9. The third-order valence-electron chi connectivity index (χ3n) is 5.00. The van der Waals surface area contributed by atoms with E-state index in [2.05, 4.69) is 15.3 Å². The fraction of sp³-hybridized carbons (Fsp3) is 0.368. The van der Waals surface area contributed by atoms with Crippen molar-refractivity contribution in [1.29, 1.82) is 0 Å². The number of aliphatic hydroxyl groups excluding tert-OH is 2. The number of aliphatic hydroxyl groups is 2. The zero-order valence-corrected chi connectivity index (χ0v) is 18.3. The van der Waals surface area contributed by atoms with Crippen LogP contribution in [-0.2, 0) is 20.6 Å². The summed E-state index contributed by atoms with van der Waals surface area (Å²) in [5, 5.41) is 24.7. The lowest BCUT2D eigenvalue weighted by molar-refractivity contribution is -0.0610. The smallest absolute Gasteiger partial charge is 0.350 e. The topological polar surface area (TPSA) is 159 Å². The predicted molar refractivity (Wildman–Crippen MR) is 115 cm³/mol. The second-order valence-corrected chi connectivity index (χ2v) is 9.28. The number of anilines is 1. The lowest BCUT2D eigenvalue weighted by Gasteiger charge is -2.18. The SMILES string of the molecule is O=P(O)(O)COC[C@H]1O[C@@H](n2ccc3c(NCc4ccccc4)nc(Cl)nc32)[C@H](O)[C@@H]1O. The summed E-state index contributed by atoms with van der Waals surface area (Å²) < 4.78 is 23.1. The van der Waals surface area contributed by atoms with Crippen molar-refractivity contribution in [2.24, 2.45) is 0 Å². The van der Waals surface area contributed by atoms with Crippen LogP contribution < -0.4 is 5.32 Å². The molecule has 32 heavy (non-hydrogen) atoms. The van der Waals surface area contributed by atoms with Crippen LogP contribution in [0.2, 0.25) is 5.28 Å². The minimum absolute atomic E-state index is 0.0115. The number of nitrogens with zero attached hydrogens (tertiary/aromatic N) is 3. The third kappa shape index (κ3) is 5.11. The van der Waals surface area contributed by atoms with E-state index < -0.39 is 38.5 Å². The highest BCUT2D eigenvalue weighted by Crippen LogP contribution is 2.36. The molecule has 5 N–H and O–H groups in total. The molecule has 172 valence electrons. The number of hydrogen-bond acceptors (Lipinski definition) is 8. The molecule has 1 aliphatic heterocycles. The van der Waals surface area contributed by atoms with Crippen LogP contribution in [-0.4, -0.2) is 65.8 Å². The number of ether oxygens (including phenoxy) is 2. The summed E-state index contributed by atoms with van der Waals surface area (Å²) in [6.45, 7) is 0.202. The van der Waals surface area contributed by atoms with Crippen molar-refractivity contribution in [2.45, 2.75) is 31.1 Å². The first-order valence-electron chi connectivity index (χ1n) is 9.69. The lowest BCUT2D eigenvalue weighted by atomic mass is 10.1. The molecule has 0 amide bonds. The first-order valence-corrected chi connectivity index (χ1v) is 11.9. The van der Waals surface area contributed by atoms with E-state index in [1.54, 1.807) is 12.3 Å². The summed E-state index contributed by atoms with van der Waals surface area (Å²) in [5.74, 6) is 0.497. The Morgan fingerprint density at radius 2 is 1.91 bits per heavy atom. The summed E-state index contributed by atoms with van der Waals surface area (Å²) in [6, 6.07) is 11.5. The zero-order chi connectivity index (χ0) is 22.9. The van der Waals surface area contributed by atoms with Crippen LogP contribution >= 0.6 is 19.2 Å². The Hall–Kier alpha value is -2.08. The quantitative estimate of drug-likeness (QED) is 0.234. The maximum Gasteiger partial charge on any atom is 0.350 e. The van der Waals surface area contributed by atoms with Gasteiger partial charge in [0.2, 0.25) is 5.28 Å². The molecule has 3 aromatic rings. The maximum atomic E-state index is 10.9. The van der Waals surface area contributed by atoms with Crippen LogP contribution in [0.15, 0.2) is 42.6 Å². The molecule has 1 aliphatic rings. The van der Waals surface area contributed by atoms with Crippen LogP contribution in [0.5, 0.6) is 0 Å². The summed E-state index contributed by atoms with van der Waals surface area (Å²) in [5.41, 5.74) is 1.43. The number of hydrogen-bond donors (Lipinski definition) is 5. The zero-order valence-electron chi connectivity index (χ0n) is 16.7. The number of nitrogens with one attached hydrogen (secondary N) is 1. The molecule has 2 aromatic heterocycles. The first-order chi connectivity index (χ1) is 15.2. The van der Waals surface area contributed by atoms with Crippen molar-refractivity contribution in [3.8, 4) is 0 Å². The van der Waals surface area contributed by atoms with Crippen LogP contribution in [0.3, 0.4) is 0 Å². The standard InChI is InChI=1S/C19H22ClN4O7P/c20-19-22-16(21-8-11-4-2-1-3-5-11)12-6-7-24(17(12)23-19)18-15(26)14(25)13(31-18)9-30-10-32(27,28)29/h1-7,13-15,18,25-26H,8-10H2,(H,21,22,23)(H2,27,28,29)/t13-,14-,15-,18-/m1/s1. The normalized spacial score (nSPS) is 23.7. The van der Waals surface area contributed by atoms with E-state index in [-0.39, 0.29) is 11.9 Å². The van der Waals surface area contributed by atoms with Crippen molar-refractivity contribution in [3.05, 3.63) is 53.4 Å². The van der Waals surface area contributed by atoms with Crippen molar-refractivity contribution >= 4 is 36.0 Å². The highest BCUT2D eigenvalue weighted by atomic mass is 35.5. The number of rotatable bonds is 8. The van der Waals surface area contributed by atoms with Gasteiger partial charge in [-0.1, -0.05) is 30.3 Å². The van der Waals surface area contributed by atoms with Crippen LogP contribution in [0.25, 0.3) is 11.0 Å². The average molecular weight is 485 g/mol. The largest absolute Gasteiger partial charge is 0.387 e. The Balaban J connectivity index is 1.54. The molecular formula is C19H22ClN4O7P. The van der Waals surface area contributed by atoms with Crippen molar-refractivity contribution in [3.63, 3.8) is 0 Å². The number of fused-ring (bicyclic) bond motifs is 1. The molecule has 4 atom stereocenters. The second-order valence-electron chi connectivity index (χ2n) is 7.35. The Morgan fingerprint density at radius 3 is 2.62 bits per heavy atom. The lowest BCUT2D eigenvalue weighted by Crippen LogP contribution is -2.33. The van der Waals surface area contributed by atoms with Crippen LogP contribution in [0, 0.1) is 0 Å². The van der Waals surface area contributed by atoms with Gasteiger partial charge < -0.3 is 39.4 Å². The van der Waals surface area contributed by atoms with E-state index in [1.807, 2.05) is 30.3 Å². The van der Waals surface area contributed by atoms with E-state index in [0.29, 0.717) is 23.4 Å². The molecule has 3 heterocycles. The third-order valence-corrected chi connectivity index (χ3v) is 5.69. The van der Waals surface area contributed by atoms with Gasteiger partial charge >= 0.3 is 7.60 Å². The van der Waals surface area contributed by atoms with E-state index in [1.165, 1.54) is 4.57 Å². The fourth-order valence-electron chi connectivity index (χ4n) is 3.51. The molecule has 1 aromatic carbocycles. The van der Waals surface area contributed by atoms with Gasteiger partial charge in [0.05, 0.1) is 12.0 Å². The molecule has 0 bridgehead atoms. The van der Waals surface area contributed by atoms with E-state index in [4.69, 9.17) is 30.9 Å². The molecule has 0 saturated carbocycles. The number of halogens is 1. The molecule has 0 radical (unpaired) electrons. The summed E-state index contributed by atoms with van der Waals surface area (Å²) >= 11 is 6.12. The Kier molecular flexibility index (Phi) is 6.80. The summed E-state index contributed by atoms with van der Waals surface area (Å²) in [4.78, 5) is 26.3. The van der Waals surface area contributed by atoms with Gasteiger partial charge in [-0.25, -0.2) is 4.98 Å². The molecule has 4 rings (SSSR count). The van der Waals surface area contributed by atoms with Crippen LogP contribution in [0.1, 0.15) is 11.8 Å². The molecule has 1 saturated heterocycles. The Bertz CT molecular complexity index is 1130. The molecule has 1 fully saturated rings. The number of aromatic nitrogens is 3. The van der Waals surface area contributed by atoms with Crippen LogP contribution in [0.4, 0.5) is 5.82 Å². The molecule has 0 aliphatic carbocycles. The van der Waals surface area contributed by atoms with Gasteiger partial charge in [0.1, 0.15) is 36.1 Å². The molecule has 13 heteroatoms. The van der Waals surface area contributed by atoms with Gasteiger partial charge in [-0.05, 0) is 23.2 Å². The average Bonchev–Trinajstić information content (AvgIpc) is 3.28. The Labute approximate surface area is 187 Å². The Morgan fingerprint density at radius 1 is 1.16 bits per heavy atom. The minimum atomic E-state index is -4.36. The first kappa shape index (κ1) is 23.1. The van der Waals surface area contributed by atoms with E-state index in [0.717, 1.165) is 5.56 Å². The highest BCUT2D eigenvalue weighted by molar-refractivity contribution is 7.51. The summed E-state index contributed by atoms with van der Waals surface area (Å²) in [6.07, 6.45) is -3.86. The van der Waals surface area contributed by atoms with Gasteiger partial charge in [0, 0.05) is 12.7 Å². The molecular weight excluding hydrogens is 463 g/mol. The monoisotopic (exact) mass is 484 g/mol. The molecule has 11 nitrogen and oxygen atoms in total. The second kappa shape index (κ2) is 9.42. The van der Waals surface area contributed by atoms with Gasteiger partial charge in [0.15, 0.2) is 6.23 Å². The van der Waals surface area contributed by atoms with Gasteiger partial charge in [-0.3, -0.25) is 4.57 Å². The van der Waals surface area contributed by atoms with Crippen molar-refractivity contribution in [2.75, 3.05) is 18.3 Å². The van der Waals surface area contributed by atoms with Gasteiger partial charge in [-0.15, -0.1) is 0 Å². The van der Waals surface area contributed by atoms with Crippen molar-refractivity contribution in [1.82, 2.24) is 14.5 Å². The minimum Gasteiger partial charge on any atom is -0.387 e. The molecule has 0 unspecified atom stereocenters. The van der Waals surface area contributed by atoms with E-state index >= 15 is 0 Å². The van der Waals surface area contributed by atoms with Gasteiger partial charge in [-0.2, -0.15) is 4.98 Å².